The Hall–Kier alpha value is -4.61. The highest BCUT2D eigenvalue weighted by Crippen LogP contribution is 2.26. The third kappa shape index (κ3) is 5.17. The lowest BCUT2D eigenvalue weighted by Crippen LogP contribution is -2.34. The largest absolute Gasteiger partial charge is 0.451 e. The third-order valence-electron chi connectivity index (χ3n) is 5.43. The number of aryl methyl sites for hydroxylation is 1. The Morgan fingerprint density at radius 1 is 1.05 bits per heavy atom. The van der Waals surface area contributed by atoms with Crippen LogP contribution in [0, 0.1) is 17.0 Å². The van der Waals surface area contributed by atoms with Crippen molar-refractivity contribution in [1.29, 1.82) is 0 Å². The predicted molar refractivity (Wildman–Crippen MR) is 143 cm³/mol. The molecule has 5 aromatic rings. The number of carbonyl (C=O) groups excluding carboxylic acids is 1. The number of nitrogens with one attached hydrogen (secondary N) is 2. The Morgan fingerprint density at radius 3 is 2.51 bits per heavy atom. The quantitative estimate of drug-likeness (QED) is 0.168. The van der Waals surface area contributed by atoms with Gasteiger partial charge in [0.25, 0.3) is 11.6 Å². The molecule has 0 atom stereocenters. The SMILES string of the molecule is Cc1cc2nn(-c3ccc(Cl)cc3)nc2cc1NC(=S)NC(=O)c1ccc(-c2cccc([N+](=O)[O-])c2)o1. The zero-order chi connectivity index (χ0) is 26.1. The van der Waals surface area contributed by atoms with Crippen molar-refractivity contribution in [2.24, 2.45) is 0 Å². The van der Waals surface area contributed by atoms with Crippen LogP contribution in [0.1, 0.15) is 16.1 Å². The van der Waals surface area contributed by atoms with Crippen molar-refractivity contribution in [2.75, 3.05) is 5.32 Å². The number of carbonyl (C=O) groups is 1. The Kier molecular flexibility index (Phi) is 6.38. The minimum Gasteiger partial charge on any atom is -0.451 e. The zero-order valence-corrected chi connectivity index (χ0v) is 20.7. The smallest absolute Gasteiger partial charge is 0.293 e. The van der Waals surface area contributed by atoms with Crippen LogP contribution < -0.4 is 10.6 Å². The average molecular weight is 533 g/mol. The van der Waals surface area contributed by atoms with Crippen molar-refractivity contribution in [2.45, 2.75) is 6.92 Å². The fourth-order valence-electron chi connectivity index (χ4n) is 3.60. The molecule has 0 radical (unpaired) electrons. The molecule has 0 bridgehead atoms. The van der Waals surface area contributed by atoms with E-state index in [1.165, 1.54) is 23.0 Å². The minimum atomic E-state index is -0.568. The Balaban J connectivity index is 1.29. The number of rotatable bonds is 5. The van der Waals surface area contributed by atoms with E-state index in [0.717, 1.165) is 11.3 Å². The van der Waals surface area contributed by atoms with E-state index in [2.05, 4.69) is 20.8 Å². The summed E-state index contributed by atoms with van der Waals surface area (Å²) in [5.74, 6) is -0.247. The summed E-state index contributed by atoms with van der Waals surface area (Å²) in [4.78, 5) is 24.7. The molecule has 10 nitrogen and oxygen atoms in total. The normalized spacial score (nSPS) is 10.9. The first-order chi connectivity index (χ1) is 17.8. The summed E-state index contributed by atoms with van der Waals surface area (Å²) >= 11 is 11.3. The molecule has 0 unspecified atom stereocenters. The molecule has 0 saturated heterocycles. The summed E-state index contributed by atoms with van der Waals surface area (Å²) in [7, 11) is 0. The predicted octanol–water partition coefficient (Wildman–Crippen LogP) is 5.68. The second kappa shape index (κ2) is 9.80. The van der Waals surface area contributed by atoms with Crippen molar-refractivity contribution in [3.8, 4) is 17.0 Å². The fraction of sp³-hybridized carbons (Fsp3) is 0.0400. The van der Waals surface area contributed by atoms with E-state index in [4.69, 9.17) is 28.2 Å². The number of nitrogens with zero attached hydrogens (tertiary/aromatic N) is 4. The van der Waals surface area contributed by atoms with Crippen LogP contribution in [0.2, 0.25) is 5.02 Å². The van der Waals surface area contributed by atoms with Gasteiger partial charge < -0.3 is 9.73 Å². The van der Waals surface area contributed by atoms with Gasteiger partial charge in [-0.15, -0.1) is 10.2 Å². The number of amides is 1. The molecule has 3 aromatic carbocycles. The molecule has 0 aliphatic rings. The second-order valence-corrected chi connectivity index (χ2v) is 8.85. The Bertz CT molecular complexity index is 1680. The summed E-state index contributed by atoms with van der Waals surface area (Å²) in [6, 6.07) is 19.8. The van der Waals surface area contributed by atoms with Crippen LogP contribution in [0.5, 0.6) is 0 Å². The summed E-state index contributed by atoms with van der Waals surface area (Å²) in [5, 5.41) is 26.3. The Morgan fingerprint density at radius 2 is 1.78 bits per heavy atom. The lowest BCUT2D eigenvalue weighted by atomic mass is 10.1. The number of anilines is 1. The number of non-ortho nitro benzene ring substituents is 1. The van der Waals surface area contributed by atoms with Crippen LogP contribution in [-0.2, 0) is 0 Å². The van der Waals surface area contributed by atoms with Crippen LogP contribution in [0.4, 0.5) is 11.4 Å². The van der Waals surface area contributed by atoms with E-state index in [0.29, 0.717) is 33.1 Å². The topological polar surface area (TPSA) is 128 Å². The molecule has 0 fully saturated rings. The fourth-order valence-corrected chi connectivity index (χ4v) is 3.93. The molecule has 5 rings (SSSR count). The number of halogens is 1. The maximum atomic E-state index is 12.7. The molecule has 2 heterocycles. The van der Waals surface area contributed by atoms with Gasteiger partial charge in [-0.25, -0.2) is 0 Å². The Labute approximate surface area is 220 Å². The maximum Gasteiger partial charge on any atom is 0.293 e. The van der Waals surface area contributed by atoms with E-state index in [9.17, 15) is 14.9 Å². The van der Waals surface area contributed by atoms with Gasteiger partial charge in [-0.3, -0.25) is 20.2 Å². The molecular weight excluding hydrogens is 516 g/mol. The van der Waals surface area contributed by atoms with Crippen molar-refractivity contribution in [3.05, 3.63) is 99.3 Å². The molecule has 2 N–H and O–H groups in total. The van der Waals surface area contributed by atoms with E-state index >= 15 is 0 Å². The first-order valence-corrected chi connectivity index (χ1v) is 11.7. The van der Waals surface area contributed by atoms with Crippen molar-refractivity contribution < 1.29 is 14.1 Å². The number of thiocarbonyl (C=S) groups is 1. The summed E-state index contributed by atoms with van der Waals surface area (Å²) in [5.41, 5.74) is 3.98. The van der Waals surface area contributed by atoms with Crippen LogP contribution >= 0.6 is 23.8 Å². The number of benzene rings is 3. The number of nitro groups is 1. The van der Waals surface area contributed by atoms with Crippen LogP contribution in [-0.4, -0.2) is 30.9 Å². The number of fused-ring (bicyclic) bond motifs is 1. The first-order valence-electron chi connectivity index (χ1n) is 10.9. The minimum absolute atomic E-state index is 0.00346. The van der Waals surface area contributed by atoms with Gasteiger partial charge in [0.05, 0.1) is 10.6 Å². The number of furan rings is 1. The van der Waals surface area contributed by atoms with Gasteiger partial charge in [0.1, 0.15) is 16.8 Å². The van der Waals surface area contributed by atoms with Gasteiger partial charge in [-0.05, 0) is 73.2 Å². The molecule has 1 amide bonds. The van der Waals surface area contributed by atoms with Gasteiger partial charge in [0.15, 0.2) is 10.9 Å². The molecule has 37 heavy (non-hydrogen) atoms. The zero-order valence-electron chi connectivity index (χ0n) is 19.1. The highest BCUT2D eigenvalue weighted by atomic mass is 35.5. The molecule has 0 aliphatic heterocycles. The lowest BCUT2D eigenvalue weighted by molar-refractivity contribution is -0.384. The maximum absolute atomic E-state index is 12.7. The van der Waals surface area contributed by atoms with E-state index in [-0.39, 0.29) is 16.6 Å². The van der Waals surface area contributed by atoms with Crippen molar-refractivity contribution >= 4 is 57.2 Å². The van der Waals surface area contributed by atoms with Gasteiger partial charge in [-0.2, -0.15) is 4.80 Å². The van der Waals surface area contributed by atoms with Crippen LogP contribution in [0.25, 0.3) is 28.0 Å². The van der Waals surface area contributed by atoms with Gasteiger partial charge in [0.2, 0.25) is 0 Å². The molecular formula is C25H17ClN6O4S. The van der Waals surface area contributed by atoms with Crippen LogP contribution in [0.15, 0.2) is 77.2 Å². The monoisotopic (exact) mass is 532 g/mol. The molecule has 0 saturated carbocycles. The summed E-state index contributed by atoms with van der Waals surface area (Å²) < 4.78 is 5.60. The van der Waals surface area contributed by atoms with Crippen molar-refractivity contribution in [3.63, 3.8) is 0 Å². The van der Waals surface area contributed by atoms with Crippen molar-refractivity contribution in [1.82, 2.24) is 20.3 Å². The summed E-state index contributed by atoms with van der Waals surface area (Å²) in [6.45, 7) is 1.88. The third-order valence-corrected chi connectivity index (χ3v) is 5.89. The number of aromatic nitrogens is 3. The number of hydrogen-bond donors (Lipinski definition) is 2. The molecule has 0 spiro atoms. The van der Waals surface area contributed by atoms with Crippen LogP contribution in [0.3, 0.4) is 0 Å². The van der Waals surface area contributed by atoms with Gasteiger partial charge in [-0.1, -0.05) is 23.7 Å². The number of hydrogen-bond acceptors (Lipinski definition) is 7. The molecule has 12 heteroatoms. The van der Waals surface area contributed by atoms with Gasteiger partial charge in [0, 0.05) is 28.4 Å². The molecule has 0 aliphatic carbocycles. The van der Waals surface area contributed by atoms with E-state index < -0.39 is 10.8 Å². The van der Waals surface area contributed by atoms with Gasteiger partial charge >= 0.3 is 0 Å². The molecule has 184 valence electrons. The molecule has 2 aromatic heterocycles. The average Bonchev–Trinajstić information content (AvgIpc) is 3.52. The highest BCUT2D eigenvalue weighted by Gasteiger charge is 2.16. The second-order valence-electron chi connectivity index (χ2n) is 8.00. The lowest BCUT2D eigenvalue weighted by Gasteiger charge is -2.10. The summed E-state index contributed by atoms with van der Waals surface area (Å²) in [6.07, 6.45) is 0. The first kappa shape index (κ1) is 24.1. The standard InChI is InChI=1S/C25H17ClN6O4S/c1-14-11-20-21(30-31(29-20)17-7-5-16(26)6-8-17)13-19(14)27-25(37)28-24(33)23-10-9-22(36-23)15-3-2-4-18(12-15)32(34)35/h2-13H,1H3,(H2,27,28,33,37). The van der Waals surface area contributed by atoms with E-state index in [1.54, 1.807) is 36.4 Å². The number of nitro benzene ring substituents is 1. The van der Waals surface area contributed by atoms with E-state index in [1.807, 2.05) is 25.1 Å². The highest BCUT2D eigenvalue weighted by molar-refractivity contribution is 7.80.